The number of benzene rings is 2. The zero-order valence-corrected chi connectivity index (χ0v) is 17.3. The van der Waals surface area contributed by atoms with Crippen molar-refractivity contribution < 1.29 is 5.11 Å². The molecule has 0 aliphatic rings. The number of hydrogen-bond donors (Lipinski definition) is 1. The first-order valence-corrected chi connectivity index (χ1v) is 10.3. The van der Waals surface area contributed by atoms with Gasteiger partial charge >= 0.3 is 5.69 Å². The van der Waals surface area contributed by atoms with Gasteiger partial charge in [-0.1, -0.05) is 36.4 Å². The molecule has 0 saturated carbocycles. The molecule has 3 aromatic heterocycles. The summed E-state index contributed by atoms with van der Waals surface area (Å²) in [5.74, 6) is 0. The molecule has 1 atom stereocenters. The van der Waals surface area contributed by atoms with Crippen LogP contribution in [0.3, 0.4) is 0 Å². The Labute approximate surface area is 182 Å². The second kappa shape index (κ2) is 7.86. The maximum Gasteiger partial charge on any atom is 0.337 e. The summed E-state index contributed by atoms with van der Waals surface area (Å²) in [7, 11) is 0. The largest absolute Gasteiger partial charge is 0.392 e. The third-order valence-electron chi connectivity index (χ3n) is 5.66. The van der Waals surface area contributed by atoms with Gasteiger partial charge in [-0.25, -0.2) is 14.3 Å². The molecule has 0 spiro atoms. The molecule has 7 nitrogen and oxygen atoms in total. The standard InChI is InChI=1S/C25H20N4O3/c1-16(21-13-10-18-5-2-3-7-22(18)27-21)28-24(31)20-6-4-14-26-23(20)29(25(28)32)19-11-8-17(15-30)9-12-19/h2-14,16,30H,15H2,1H3. The quantitative estimate of drug-likeness (QED) is 0.479. The predicted octanol–water partition coefficient (Wildman–Crippen LogP) is 3.20. The first-order valence-electron chi connectivity index (χ1n) is 10.3. The van der Waals surface area contributed by atoms with Crippen molar-refractivity contribution in [3.63, 3.8) is 0 Å². The first kappa shape index (κ1) is 19.8. The lowest BCUT2D eigenvalue weighted by Crippen LogP contribution is -2.42. The van der Waals surface area contributed by atoms with E-state index in [1.807, 2.05) is 36.4 Å². The fraction of sp³-hybridized carbons (Fsp3) is 0.120. The monoisotopic (exact) mass is 424 g/mol. The molecule has 158 valence electrons. The lowest BCUT2D eigenvalue weighted by atomic mass is 10.1. The molecule has 0 amide bonds. The van der Waals surface area contributed by atoms with Crippen LogP contribution in [-0.2, 0) is 6.61 Å². The van der Waals surface area contributed by atoms with Gasteiger partial charge < -0.3 is 5.11 Å². The van der Waals surface area contributed by atoms with Gasteiger partial charge in [0.2, 0.25) is 0 Å². The van der Waals surface area contributed by atoms with Crippen LogP contribution in [0.15, 0.2) is 88.6 Å². The fourth-order valence-electron chi connectivity index (χ4n) is 3.93. The molecule has 3 heterocycles. The van der Waals surface area contributed by atoms with Gasteiger partial charge in [-0.3, -0.25) is 14.3 Å². The Hall–Kier alpha value is -4.10. The number of hydrogen-bond acceptors (Lipinski definition) is 5. The summed E-state index contributed by atoms with van der Waals surface area (Å²) in [5.41, 5.74) is 2.07. The summed E-state index contributed by atoms with van der Waals surface area (Å²) < 4.78 is 2.65. The normalized spacial score (nSPS) is 12.3. The molecule has 0 aliphatic heterocycles. The van der Waals surface area contributed by atoms with Crippen molar-refractivity contribution in [3.05, 3.63) is 111 Å². The van der Waals surface area contributed by atoms with Crippen LogP contribution in [0.4, 0.5) is 0 Å². The zero-order chi connectivity index (χ0) is 22.2. The molecule has 0 aliphatic carbocycles. The third-order valence-corrected chi connectivity index (χ3v) is 5.66. The molecule has 7 heteroatoms. The van der Waals surface area contributed by atoms with Gasteiger partial charge in [-0.15, -0.1) is 0 Å². The van der Waals surface area contributed by atoms with Crippen LogP contribution in [0.5, 0.6) is 0 Å². The SMILES string of the molecule is CC(c1ccc2ccccc2n1)n1c(=O)c2cccnc2n(-c2ccc(CO)cc2)c1=O. The van der Waals surface area contributed by atoms with E-state index in [0.717, 1.165) is 16.5 Å². The van der Waals surface area contributed by atoms with E-state index in [0.29, 0.717) is 16.8 Å². The van der Waals surface area contributed by atoms with Crippen molar-refractivity contribution in [2.24, 2.45) is 0 Å². The number of aliphatic hydroxyl groups is 1. The molecule has 0 bridgehead atoms. The molecule has 0 saturated heterocycles. The Morgan fingerprint density at radius 3 is 2.50 bits per heavy atom. The third kappa shape index (κ3) is 3.19. The minimum atomic E-state index is -0.591. The van der Waals surface area contributed by atoms with Gasteiger partial charge in [-0.2, -0.15) is 0 Å². The number of aliphatic hydroxyl groups excluding tert-OH is 1. The van der Waals surface area contributed by atoms with Crippen LogP contribution in [0.25, 0.3) is 27.6 Å². The van der Waals surface area contributed by atoms with Gasteiger partial charge in [0.15, 0.2) is 5.65 Å². The first-order chi connectivity index (χ1) is 15.6. The minimum absolute atomic E-state index is 0.0989. The Morgan fingerprint density at radius 1 is 0.938 bits per heavy atom. The molecule has 5 rings (SSSR count). The van der Waals surface area contributed by atoms with E-state index < -0.39 is 17.3 Å². The molecule has 0 fully saturated rings. The molecule has 0 radical (unpaired) electrons. The Morgan fingerprint density at radius 2 is 1.72 bits per heavy atom. The Balaban J connectivity index is 1.77. The second-order valence-electron chi connectivity index (χ2n) is 7.60. The number of aromatic nitrogens is 4. The highest BCUT2D eigenvalue weighted by molar-refractivity contribution is 5.78. The summed E-state index contributed by atoms with van der Waals surface area (Å²) in [6.07, 6.45) is 1.55. The van der Waals surface area contributed by atoms with Crippen LogP contribution in [-0.4, -0.2) is 24.2 Å². The highest BCUT2D eigenvalue weighted by Gasteiger charge is 2.21. The predicted molar refractivity (Wildman–Crippen MR) is 123 cm³/mol. The topological polar surface area (TPSA) is 90.0 Å². The van der Waals surface area contributed by atoms with Crippen LogP contribution in [0, 0.1) is 0 Å². The highest BCUT2D eigenvalue weighted by Crippen LogP contribution is 2.19. The zero-order valence-electron chi connectivity index (χ0n) is 17.3. The summed E-state index contributed by atoms with van der Waals surface area (Å²) in [6.45, 7) is 1.69. The molecule has 32 heavy (non-hydrogen) atoms. The summed E-state index contributed by atoms with van der Waals surface area (Å²) >= 11 is 0. The summed E-state index contributed by atoms with van der Waals surface area (Å²) in [4.78, 5) is 36.0. The maximum absolute atomic E-state index is 13.6. The van der Waals surface area contributed by atoms with Crippen molar-refractivity contribution in [2.75, 3.05) is 0 Å². The Bertz CT molecular complexity index is 1570. The van der Waals surface area contributed by atoms with Crippen LogP contribution in [0.2, 0.25) is 0 Å². The lowest BCUT2D eigenvalue weighted by Gasteiger charge is -2.18. The Kier molecular flexibility index (Phi) is 4.88. The van der Waals surface area contributed by atoms with Gasteiger partial charge in [-0.05, 0) is 48.9 Å². The minimum Gasteiger partial charge on any atom is -0.392 e. The van der Waals surface area contributed by atoms with Crippen LogP contribution >= 0.6 is 0 Å². The number of para-hydroxylation sites is 1. The van der Waals surface area contributed by atoms with Crippen molar-refractivity contribution in [2.45, 2.75) is 19.6 Å². The number of fused-ring (bicyclic) bond motifs is 2. The van der Waals surface area contributed by atoms with E-state index >= 15 is 0 Å². The van der Waals surface area contributed by atoms with E-state index in [4.69, 9.17) is 0 Å². The average molecular weight is 424 g/mol. The fourth-order valence-corrected chi connectivity index (χ4v) is 3.93. The summed E-state index contributed by atoms with van der Waals surface area (Å²) in [5, 5.41) is 10.7. The highest BCUT2D eigenvalue weighted by atomic mass is 16.3. The van der Waals surface area contributed by atoms with E-state index in [-0.39, 0.29) is 12.3 Å². The number of nitrogens with zero attached hydrogens (tertiary/aromatic N) is 4. The average Bonchev–Trinajstić information content (AvgIpc) is 2.84. The molecule has 1 N–H and O–H groups in total. The van der Waals surface area contributed by atoms with Crippen LogP contribution < -0.4 is 11.2 Å². The molecule has 1 unspecified atom stereocenters. The van der Waals surface area contributed by atoms with Gasteiger partial charge in [0, 0.05) is 11.6 Å². The van der Waals surface area contributed by atoms with Crippen molar-refractivity contribution in [3.8, 4) is 5.69 Å². The van der Waals surface area contributed by atoms with E-state index in [1.54, 1.807) is 49.5 Å². The number of rotatable bonds is 4. The molecule has 5 aromatic rings. The summed E-state index contributed by atoms with van der Waals surface area (Å²) in [6, 6.07) is 21.2. The molecule has 2 aromatic carbocycles. The van der Waals surface area contributed by atoms with Crippen molar-refractivity contribution in [1.29, 1.82) is 0 Å². The maximum atomic E-state index is 13.6. The second-order valence-corrected chi connectivity index (χ2v) is 7.60. The van der Waals surface area contributed by atoms with Gasteiger partial charge in [0.25, 0.3) is 5.56 Å². The molecular formula is C25H20N4O3. The smallest absolute Gasteiger partial charge is 0.337 e. The van der Waals surface area contributed by atoms with Crippen molar-refractivity contribution in [1.82, 2.24) is 19.1 Å². The van der Waals surface area contributed by atoms with E-state index in [2.05, 4.69) is 9.97 Å². The number of pyridine rings is 2. The van der Waals surface area contributed by atoms with E-state index in [1.165, 1.54) is 9.13 Å². The van der Waals surface area contributed by atoms with Crippen LogP contribution in [0.1, 0.15) is 24.2 Å². The van der Waals surface area contributed by atoms with Gasteiger partial charge in [0.1, 0.15) is 0 Å². The van der Waals surface area contributed by atoms with E-state index in [9.17, 15) is 14.7 Å². The lowest BCUT2D eigenvalue weighted by molar-refractivity contribution is 0.282. The van der Waals surface area contributed by atoms with Crippen molar-refractivity contribution >= 4 is 21.9 Å². The van der Waals surface area contributed by atoms with Gasteiger partial charge in [0.05, 0.1) is 34.9 Å². The molecular weight excluding hydrogens is 404 g/mol.